The highest BCUT2D eigenvalue weighted by atomic mass is 35.5. The first-order chi connectivity index (χ1) is 10.3. The van der Waals surface area contributed by atoms with Crippen molar-refractivity contribution >= 4 is 38.9 Å². The molecule has 0 fully saturated rings. The molecule has 0 atom stereocenters. The van der Waals surface area contributed by atoms with Gasteiger partial charge >= 0.3 is 0 Å². The monoisotopic (exact) mass is 365 g/mol. The summed E-state index contributed by atoms with van der Waals surface area (Å²) in [4.78, 5) is -0.316. The fraction of sp³-hybridized carbons (Fsp3) is 0.143. The summed E-state index contributed by atoms with van der Waals surface area (Å²) < 4.78 is 53.2. The molecule has 8 heteroatoms. The molecule has 118 valence electrons. The van der Waals surface area contributed by atoms with E-state index in [4.69, 9.17) is 23.2 Å². The van der Waals surface area contributed by atoms with Crippen LogP contribution in [0.2, 0.25) is 10.0 Å². The number of halogens is 4. The fourth-order valence-electron chi connectivity index (χ4n) is 1.99. The molecule has 0 radical (unpaired) electrons. The molecule has 2 aromatic rings. The SMILES string of the molecule is CCN(c1ccc(F)cc1F)S(=O)(=O)c1c(Cl)cccc1Cl. The minimum absolute atomic E-state index is 0.0755. The summed E-state index contributed by atoms with van der Waals surface area (Å²) in [6.07, 6.45) is 0. The molecule has 0 amide bonds. The van der Waals surface area contributed by atoms with E-state index < -0.39 is 21.7 Å². The average Bonchev–Trinajstić information content (AvgIpc) is 2.41. The maximum atomic E-state index is 13.9. The highest BCUT2D eigenvalue weighted by Crippen LogP contribution is 2.34. The third-order valence-electron chi connectivity index (χ3n) is 2.93. The van der Waals surface area contributed by atoms with Crippen molar-refractivity contribution in [1.29, 1.82) is 0 Å². The van der Waals surface area contributed by atoms with Gasteiger partial charge in [0.05, 0.1) is 15.7 Å². The van der Waals surface area contributed by atoms with Crippen LogP contribution in [-0.4, -0.2) is 15.0 Å². The van der Waals surface area contributed by atoms with Gasteiger partial charge in [0.2, 0.25) is 0 Å². The van der Waals surface area contributed by atoms with E-state index in [1.165, 1.54) is 25.1 Å². The molecule has 3 nitrogen and oxygen atoms in total. The molecule has 0 unspecified atom stereocenters. The summed E-state index contributed by atoms with van der Waals surface area (Å²) in [5.41, 5.74) is -0.278. The zero-order valence-electron chi connectivity index (χ0n) is 11.4. The van der Waals surface area contributed by atoms with E-state index in [1.54, 1.807) is 0 Å². The summed E-state index contributed by atoms with van der Waals surface area (Å²) in [7, 11) is -4.19. The van der Waals surface area contributed by atoms with E-state index in [0.717, 1.165) is 16.4 Å². The van der Waals surface area contributed by atoms with Gasteiger partial charge in [-0.3, -0.25) is 4.31 Å². The number of nitrogens with zero attached hydrogens (tertiary/aromatic N) is 1. The first-order valence-corrected chi connectivity index (χ1v) is 8.40. The van der Waals surface area contributed by atoms with Crippen molar-refractivity contribution in [3.05, 3.63) is 58.1 Å². The maximum absolute atomic E-state index is 13.9. The first-order valence-electron chi connectivity index (χ1n) is 6.20. The molecule has 0 aromatic heterocycles. The molecule has 2 rings (SSSR count). The third-order valence-corrected chi connectivity index (χ3v) is 5.78. The van der Waals surface area contributed by atoms with Crippen molar-refractivity contribution in [2.45, 2.75) is 11.8 Å². The highest BCUT2D eigenvalue weighted by molar-refractivity contribution is 7.93. The Kier molecular flexibility index (Phi) is 4.94. The lowest BCUT2D eigenvalue weighted by Gasteiger charge is -2.24. The molecular weight excluding hydrogens is 355 g/mol. The summed E-state index contributed by atoms with van der Waals surface area (Å²) >= 11 is 11.8. The second-order valence-corrected chi connectivity index (χ2v) is 6.93. The Labute approximate surface area is 137 Å². The Balaban J connectivity index is 2.64. The van der Waals surface area contributed by atoms with Crippen molar-refractivity contribution in [3.63, 3.8) is 0 Å². The van der Waals surface area contributed by atoms with E-state index >= 15 is 0 Å². The molecule has 0 N–H and O–H groups in total. The van der Waals surface area contributed by atoms with Gasteiger partial charge in [0.1, 0.15) is 16.5 Å². The smallest absolute Gasteiger partial charge is 0.264 e. The number of hydrogen-bond donors (Lipinski definition) is 0. The van der Waals surface area contributed by atoms with Crippen LogP contribution >= 0.6 is 23.2 Å². The van der Waals surface area contributed by atoms with E-state index in [0.29, 0.717) is 6.07 Å². The van der Waals surface area contributed by atoms with Crippen molar-refractivity contribution in [3.8, 4) is 0 Å². The zero-order valence-corrected chi connectivity index (χ0v) is 13.7. The number of hydrogen-bond acceptors (Lipinski definition) is 2. The highest BCUT2D eigenvalue weighted by Gasteiger charge is 2.30. The summed E-state index contributed by atoms with van der Waals surface area (Å²) in [6.45, 7) is 1.44. The fourth-order valence-corrected chi connectivity index (χ4v) is 4.57. The molecule has 0 aliphatic heterocycles. The Morgan fingerprint density at radius 1 is 1.09 bits per heavy atom. The van der Waals surface area contributed by atoms with Crippen LogP contribution in [0.25, 0.3) is 0 Å². The van der Waals surface area contributed by atoms with Crippen molar-refractivity contribution in [1.82, 2.24) is 0 Å². The van der Waals surface area contributed by atoms with Crippen LogP contribution in [0.5, 0.6) is 0 Å². The Morgan fingerprint density at radius 3 is 2.18 bits per heavy atom. The van der Waals surface area contributed by atoms with Crippen LogP contribution in [0.3, 0.4) is 0 Å². The van der Waals surface area contributed by atoms with E-state index in [1.807, 2.05) is 0 Å². The molecular formula is C14H11Cl2F2NO2S. The Hall–Kier alpha value is -1.37. The summed E-state index contributed by atoms with van der Waals surface area (Å²) in [6, 6.07) is 6.88. The lowest BCUT2D eigenvalue weighted by molar-refractivity contribution is 0.574. The normalized spacial score (nSPS) is 11.5. The minimum atomic E-state index is -4.19. The van der Waals surface area contributed by atoms with Crippen LogP contribution in [-0.2, 0) is 10.0 Å². The predicted molar refractivity (Wildman–Crippen MR) is 83.0 cm³/mol. The molecule has 0 bridgehead atoms. The van der Waals surface area contributed by atoms with Crippen LogP contribution in [0.4, 0.5) is 14.5 Å². The largest absolute Gasteiger partial charge is 0.267 e. The maximum Gasteiger partial charge on any atom is 0.267 e. The second-order valence-electron chi connectivity index (χ2n) is 4.32. The number of benzene rings is 2. The van der Waals surface area contributed by atoms with Gasteiger partial charge in [0.25, 0.3) is 10.0 Å². The Bertz CT molecular complexity index is 792. The molecule has 0 saturated heterocycles. The van der Waals surface area contributed by atoms with E-state index in [-0.39, 0.29) is 27.2 Å². The van der Waals surface area contributed by atoms with Gasteiger partial charge in [-0.05, 0) is 31.2 Å². The van der Waals surface area contributed by atoms with Crippen LogP contribution in [0.15, 0.2) is 41.3 Å². The van der Waals surface area contributed by atoms with Gasteiger partial charge in [-0.15, -0.1) is 0 Å². The predicted octanol–water partition coefficient (Wildman–Crippen LogP) is 4.49. The number of rotatable bonds is 4. The lowest BCUT2D eigenvalue weighted by atomic mass is 10.3. The molecule has 0 aliphatic carbocycles. The number of anilines is 1. The van der Waals surface area contributed by atoms with Crippen molar-refractivity contribution < 1.29 is 17.2 Å². The van der Waals surface area contributed by atoms with Gasteiger partial charge in [0, 0.05) is 12.6 Å². The van der Waals surface area contributed by atoms with Gasteiger partial charge in [-0.2, -0.15) is 0 Å². The topological polar surface area (TPSA) is 37.4 Å². The molecule has 22 heavy (non-hydrogen) atoms. The summed E-state index contributed by atoms with van der Waals surface area (Å²) in [5, 5.41) is -0.151. The molecule has 0 saturated carbocycles. The van der Waals surface area contributed by atoms with Crippen LogP contribution in [0.1, 0.15) is 6.92 Å². The van der Waals surface area contributed by atoms with Crippen molar-refractivity contribution in [2.24, 2.45) is 0 Å². The quantitative estimate of drug-likeness (QED) is 0.800. The number of sulfonamides is 1. The van der Waals surface area contributed by atoms with Gasteiger partial charge in [0.15, 0.2) is 0 Å². The molecule has 0 spiro atoms. The van der Waals surface area contributed by atoms with E-state index in [2.05, 4.69) is 0 Å². The summed E-state index contributed by atoms with van der Waals surface area (Å²) in [5.74, 6) is -1.79. The molecule has 0 aliphatic rings. The standard InChI is InChI=1S/C14H11Cl2F2NO2S/c1-2-19(13-7-6-9(17)8-12(13)18)22(20,21)14-10(15)4-3-5-11(14)16/h3-8H,2H2,1H3. The van der Waals surface area contributed by atoms with Crippen LogP contribution in [0, 0.1) is 11.6 Å². The molecule has 2 aromatic carbocycles. The molecule has 0 heterocycles. The lowest BCUT2D eigenvalue weighted by Crippen LogP contribution is -2.32. The second kappa shape index (κ2) is 6.40. The zero-order chi connectivity index (χ0) is 16.5. The van der Waals surface area contributed by atoms with Crippen LogP contribution < -0.4 is 4.31 Å². The van der Waals surface area contributed by atoms with Gasteiger partial charge in [-0.1, -0.05) is 29.3 Å². The third kappa shape index (κ3) is 3.04. The Morgan fingerprint density at radius 2 is 1.68 bits per heavy atom. The average molecular weight is 366 g/mol. The van der Waals surface area contributed by atoms with Gasteiger partial charge < -0.3 is 0 Å². The minimum Gasteiger partial charge on any atom is -0.264 e. The van der Waals surface area contributed by atoms with Gasteiger partial charge in [-0.25, -0.2) is 17.2 Å². The first kappa shape index (κ1) is 17.0. The van der Waals surface area contributed by atoms with E-state index in [9.17, 15) is 17.2 Å². The van der Waals surface area contributed by atoms with Crippen molar-refractivity contribution in [2.75, 3.05) is 10.8 Å².